The van der Waals surface area contributed by atoms with Crippen molar-refractivity contribution in [2.75, 3.05) is 13.1 Å². The number of hydrogen-bond donors (Lipinski definition) is 1. The number of rotatable bonds is 2. The molecule has 0 radical (unpaired) electrons. The molecule has 4 nitrogen and oxygen atoms in total. The lowest BCUT2D eigenvalue weighted by Crippen LogP contribution is -2.44. The molecule has 1 fully saturated rings. The van der Waals surface area contributed by atoms with E-state index in [1.54, 1.807) is 6.07 Å². The van der Waals surface area contributed by atoms with Crippen LogP contribution < -0.4 is 5.32 Å². The van der Waals surface area contributed by atoms with Crippen LogP contribution in [0.4, 0.5) is 13.2 Å². The normalized spacial score (nSPS) is 23.4. The summed E-state index contributed by atoms with van der Waals surface area (Å²) >= 11 is 4.62. The Morgan fingerprint density at radius 2 is 2.25 bits per heavy atom. The second-order valence-corrected chi connectivity index (χ2v) is 6.39. The number of hydrogen-bond acceptors (Lipinski definition) is 5. The van der Waals surface area contributed by atoms with Crippen LogP contribution in [0.25, 0.3) is 10.7 Å². The number of aromatic nitrogens is 2. The molecule has 2 aromatic heterocycles. The molecular weight excluding hydrogens is 359 g/mol. The van der Waals surface area contributed by atoms with Crippen LogP contribution >= 0.6 is 27.3 Å². The van der Waals surface area contributed by atoms with Crippen LogP contribution in [0.3, 0.4) is 0 Å². The van der Waals surface area contributed by atoms with Crippen molar-refractivity contribution in [2.24, 2.45) is 0 Å². The smallest absolute Gasteiger partial charge is 0.338 e. The SMILES string of the molecule is FC(F)(F)C1(c2nc(-c3cc(Br)cs3)no2)CCNC1. The van der Waals surface area contributed by atoms with Crippen molar-refractivity contribution >= 4 is 27.3 Å². The lowest BCUT2D eigenvalue weighted by atomic mass is 9.86. The Balaban J connectivity index is 2.00. The quantitative estimate of drug-likeness (QED) is 0.884. The van der Waals surface area contributed by atoms with Crippen LogP contribution in [-0.2, 0) is 5.41 Å². The van der Waals surface area contributed by atoms with Gasteiger partial charge in [0.05, 0.1) is 4.88 Å². The van der Waals surface area contributed by atoms with E-state index in [0.717, 1.165) is 4.47 Å². The number of nitrogens with one attached hydrogen (secondary N) is 1. The number of nitrogens with zero attached hydrogens (tertiary/aromatic N) is 2. The largest absolute Gasteiger partial charge is 0.404 e. The number of alkyl halides is 3. The summed E-state index contributed by atoms with van der Waals surface area (Å²) in [6.45, 7) is 0.0496. The van der Waals surface area contributed by atoms with E-state index in [-0.39, 0.29) is 31.2 Å². The average Bonchev–Trinajstić information content (AvgIpc) is 3.07. The van der Waals surface area contributed by atoms with Crippen molar-refractivity contribution < 1.29 is 17.7 Å². The van der Waals surface area contributed by atoms with Crippen LogP contribution in [0.15, 0.2) is 20.4 Å². The molecule has 0 aliphatic carbocycles. The Bertz CT molecular complexity index is 618. The van der Waals surface area contributed by atoms with E-state index in [1.807, 2.05) is 5.38 Å². The van der Waals surface area contributed by atoms with Gasteiger partial charge in [0.25, 0.3) is 0 Å². The summed E-state index contributed by atoms with van der Waals surface area (Å²) in [6.07, 6.45) is -4.51. The third-order valence-electron chi connectivity index (χ3n) is 3.32. The Labute approximate surface area is 124 Å². The van der Waals surface area contributed by atoms with E-state index in [4.69, 9.17) is 4.52 Å². The fourth-order valence-electron chi connectivity index (χ4n) is 2.19. The van der Waals surface area contributed by atoms with Gasteiger partial charge >= 0.3 is 6.18 Å². The lowest BCUT2D eigenvalue weighted by Gasteiger charge is -2.26. The van der Waals surface area contributed by atoms with E-state index in [9.17, 15) is 13.2 Å². The number of thiophene rings is 1. The maximum atomic E-state index is 13.3. The van der Waals surface area contributed by atoms with E-state index in [2.05, 4.69) is 31.4 Å². The van der Waals surface area contributed by atoms with Crippen molar-refractivity contribution in [2.45, 2.75) is 18.0 Å². The average molecular weight is 368 g/mol. The molecule has 3 heterocycles. The van der Waals surface area contributed by atoms with Crippen molar-refractivity contribution in [1.29, 1.82) is 0 Å². The highest BCUT2D eigenvalue weighted by molar-refractivity contribution is 9.10. The third kappa shape index (κ3) is 2.17. The van der Waals surface area contributed by atoms with Crippen molar-refractivity contribution in [3.8, 4) is 10.7 Å². The van der Waals surface area contributed by atoms with Crippen LogP contribution in [0, 0.1) is 0 Å². The van der Waals surface area contributed by atoms with Gasteiger partial charge in [-0.25, -0.2) is 0 Å². The molecular formula is C11H9BrF3N3OS. The molecule has 9 heteroatoms. The Hall–Kier alpha value is -0.930. The first-order valence-electron chi connectivity index (χ1n) is 5.78. The molecule has 0 saturated carbocycles. The Kier molecular flexibility index (Phi) is 3.38. The highest BCUT2D eigenvalue weighted by Crippen LogP contribution is 2.45. The molecule has 108 valence electrons. The lowest BCUT2D eigenvalue weighted by molar-refractivity contribution is -0.191. The molecule has 2 aromatic rings. The van der Waals surface area contributed by atoms with Crippen LogP contribution in [0.5, 0.6) is 0 Å². The Morgan fingerprint density at radius 3 is 2.80 bits per heavy atom. The fraction of sp³-hybridized carbons (Fsp3) is 0.455. The van der Waals surface area contributed by atoms with Crippen molar-refractivity contribution in [3.63, 3.8) is 0 Å². The molecule has 0 aromatic carbocycles. The molecule has 0 bridgehead atoms. The minimum Gasteiger partial charge on any atom is -0.338 e. The topological polar surface area (TPSA) is 51.0 Å². The summed E-state index contributed by atoms with van der Waals surface area (Å²) in [7, 11) is 0. The minimum absolute atomic E-state index is 0.0910. The molecule has 1 unspecified atom stereocenters. The van der Waals surface area contributed by atoms with Crippen molar-refractivity contribution in [3.05, 3.63) is 21.8 Å². The van der Waals surface area contributed by atoms with Gasteiger partial charge in [-0.05, 0) is 35.0 Å². The van der Waals surface area contributed by atoms with E-state index >= 15 is 0 Å². The monoisotopic (exact) mass is 367 g/mol. The molecule has 1 saturated heterocycles. The molecule has 1 N–H and O–H groups in total. The summed E-state index contributed by atoms with van der Waals surface area (Å²) in [5.74, 6) is -0.180. The van der Waals surface area contributed by atoms with Gasteiger partial charge in [-0.2, -0.15) is 18.2 Å². The van der Waals surface area contributed by atoms with Crippen LogP contribution in [0.2, 0.25) is 0 Å². The molecule has 1 aliphatic rings. The first-order chi connectivity index (χ1) is 9.42. The first-order valence-corrected chi connectivity index (χ1v) is 7.46. The van der Waals surface area contributed by atoms with Gasteiger partial charge in [-0.15, -0.1) is 11.3 Å². The summed E-state index contributed by atoms with van der Waals surface area (Å²) in [5.41, 5.74) is -2.08. The maximum Gasteiger partial charge on any atom is 0.404 e. The minimum atomic E-state index is -4.42. The fourth-order valence-corrected chi connectivity index (χ4v) is 3.54. The number of halogens is 4. The molecule has 1 aliphatic heterocycles. The molecule has 1 atom stereocenters. The predicted molar refractivity (Wildman–Crippen MR) is 70.5 cm³/mol. The van der Waals surface area contributed by atoms with Gasteiger partial charge in [0.1, 0.15) is 0 Å². The van der Waals surface area contributed by atoms with Gasteiger partial charge in [-0.3, -0.25) is 0 Å². The van der Waals surface area contributed by atoms with Crippen LogP contribution in [0.1, 0.15) is 12.3 Å². The first kappa shape index (κ1) is 14.0. The van der Waals surface area contributed by atoms with Gasteiger partial charge in [0.2, 0.25) is 11.7 Å². The predicted octanol–water partition coefficient (Wildman–Crippen LogP) is 3.35. The molecule has 20 heavy (non-hydrogen) atoms. The highest BCUT2D eigenvalue weighted by atomic mass is 79.9. The summed E-state index contributed by atoms with van der Waals surface area (Å²) in [4.78, 5) is 4.63. The van der Waals surface area contributed by atoms with Gasteiger partial charge in [0.15, 0.2) is 5.41 Å². The van der Waals surface area contributed by atoms with Gasteiger partial charge in [-0.1, -0.05) is 5.16 Å². The van der Waals surface area contributed by atoms with E-state index in [0.29, 0.717) is 4.88 Å². The second-order valence-electron chi connectivity index (χ2n) is 4.56. The Morgan fingerprint density at radius 1 is 1.45 bits per heavy atom. The van der Waals surface area contributed by atoms with E-state index in [1.165, 1.54) is 11.3 Å². The third-order valence-corrected chi connectivity index (χ3v) is 5.01. The molecule has 3 rings (SSSR count). The summed E-state index contributed by atoms with van der Waals surface area (Å²) < 4.78 is 45.8. The zero-order valence-electron chi connectivity index (χ0n) is 10.00. The van der Waals surface area contributed by atoms with Gasteiger partial charge < -0.3 is 9.84 Å². The summed E-state index contributed by atoms with van der Waals surface area (Å²) in [6, 6.07) is 1.74. The second kappa shape index (κ2) is 4.81. The maximum absolute atomic E-state index is 13.3. The zero-order valence-corrected chi connectivity index (χ0v) is 12.4. The van der Waals surface area contributed by atoms with Crippen LogP contribution in [-0.4, -0.2) is 29.4 Å². The standard InChI is InChI=1S/C11H9BrF3N3OS/c12-6-3-7(20-4-6)8-17-9(19-18-8)10(11(13,14)15)1-2-16-5-10/h3-4,16H,1-2,5H2. The van der Waals surface area contributed by atoms with Gasteiger partial charge in [0, 0.05) is 16.4 Å². The van der Waals surface area contributed by atoms with E-state index < -0.39 is 11.6 Å². The summed E-state index contributed by atoms with van der Waals surface area (Å²) in [5, 5.41) is 8.20. The zero-order chi connectivity index (χ0) is 14.4. The molecule has 0 spiro atoms. The molecule has 0 amide bonds. The van der Waals surface area contributed by atoms with Crippen molar-refractivity contribution in [1.82, 2.24) is 15.5 Å². The highest BCUT2D eigenvalue weighted by Gasteiger charge is 2.61.